The fourth-order valence-corrected chi connectivity index (χ4v) is 4.16. The number of anilines is 3. The molecule has 0 aliphatic carbocycles. The highest BCUT2D eigenvalue weighted by Gasteiger charge is 2.23. The first-order valence-corrected chi connectivity index (χ1v) is 11.7. The molecule has 0 spiro atoms. The number of nitrogens with one attached hydrogen (secondary N) is 3. The van der Waals surface area contributed by atoms with Gasteiger partial charge in [-0.3, -0.25) is 14.7 Å². The lowest BCUT2D eigenvalue weighted by molar-refractivity contribution is -0.116. The molecule has 0 bridgehead atoms. The Kier molecular flexibility index (Phi) is 6.72. The van der Waals surface area contributed by atoms with E-state index in [1.807, 2.05) is 66.7 Å². The van der Waals surface area contributed by atoms with Crippen LogP contribution in [-0.2, 0) is 4.79 Å². The van der Waals surface area contributed by atoms with E-state index >= 15 is 0 Å². The molecule has 5 rings (SSSR count). The van der Waals surface area contributed by atoms with Gasteiger partial charge in [-0.1, -0.05) is 78.9 Å². The molecule has 0 fully saturated rings. The summed E-state index contributed by atoms with van der Waals surface area (Å²) in [6.07, 6.45) is 1.63. The van der Waals surface area contributed by atoms with Crippen LogP contribution in [-0.4, -0.2) is 27.0 Å². The maximum Gasteiger partial charge on any atom is 0.254 e. The Bertz CT molecular complexity index is 1460. The fourth-order valence-electron chi connectivity index (χ4n) is 4.16. The summed E-state index contributed by atoms with van der Waals surface area (Å²) in [5, 5.41) is 13.1. The van der Waals surface area contributed by atoms with E-state index in [2.05, 4.69) is 25.8 Å². The molecule has 2 amide bonds. The minimum absolute atomic E-state index is 0.147. The molecule has 5 N–H and O–H groups in total. The second-order valence-electron chi connectivity index (χ2n) is 8.35. The van der Waals surface area contributed by atoms with Gasteiger partial charge in [-0.05, 0) is 35.4 Å². The Morgan fingerprint density at radius 1 is 0.784 bits per heavy atom. The Labute approximate surface area is 213 Å². The van der Waals surface area contributed by atoms with Crippen LogP contribution in [0, 0.1) is 0 Å². The molecule has 0 aliphatic rings. The van der Waals surface area contributed by atoms with E-state index in [0.717, 1.165) is 11.1 Å². The van der Waals surface area contributed by atoms with Crippen molar-refractivity contribution in [1.29, 1.82) is 0 Å². The predicted molar refractivity (Wildman–Crippen MR) is 143 cm³/mol. The Hall–Kier alpha value is -5.24. The van der Waals surface area contributed by atoms with Crippen molar-refractivity contribution >= 4 is 29.1 Å². The molecule has 5 aromatic rings. The Morgan fingerprint density at radius 2 is 1.41 bits per heavy atom. The normalized spacial score (nSPS) is 10.7. The van der Waals surface area contributed by atoms with Crippen LogP contribution in [0.15, 0.2) is 109 Å². The number of hydrogen-bond donors (Lipinski definition) is 4. The molecule has 0 saturated heterocycles. The minimum atomic E-state index is -0.631. The molecule has 182 valence electrons. The van der Waals surface area contributed by atoms with Gasteiger partial charge in [0.2, 0.25) is 5.91 Å². The van der Waals surface area contributed by atoms with Crippen molar-refractivity contribution in [3.8, 4) is 11.3 Å². The van der Waals surface area contributed by atoms with Gasteiger partial charge < -0.3 is 16.4 Å². The average molecular weight is 489 g/mol. The number of aromatic nitrogens is 3. The van der Waals surface area contributed by atoms with Crippen molar-refractivity contribution in [2.24, 2.45) is 5.73 Å². The van der Waals surface area contributed by atoms with Crippen LogP contribution < -0.4 is 16.4 Å². The quantitative estimate of drug-likeness (QED) is 0.242. The van der Waals surface area contributed by atoms with E-state index in [9.17, 15) is 9.59 Å². The third-order valence-electron chi connectivity index (χ3n) is 5.89. The number of benzene rings is 3. The van der Waals surface area contributed by atoms with E-state index in [4.69, 9.17) is 5.73 Å². The summed E-state index contributed by atoms with van der Waals surface area (Å²) in [7, 11) is 0. The van der Waals surface area contributed by atoms with Crippen molar-refractivity contribution in [2.45, 2.75) is 5.92 Å². The zero-order valence-corrected chi connectivity index (χ0v) is 19.8. The summed E-state index contributed by atoms with van der Waals surface area (Å²) in [6, 6.07) is 31.8. The van der Waals surface area contributed by atoms with Crippen LogP contribution in [0.3, 0.4) is 0 Å². The lowest BCUT2D eigenvalue weighted by Gasteiger charge is -2.18. The van der Waals surface area contributed by atoms with Crippen molar-refractivity contribution in [2.75, 3.05) is 10.6 Å². The summed E-state index contributed by atoms with van der Waals surface area (Å²) in [4.78, 5) is 29.9. The number of rotatable bonds is 8. The van der Waals surface area contributed by atoms with Gasteiger partial charge in [0.15, 0.2) is 5.82 Å². The van der Waals surface area contributed by atoms with Crippen LogP contribution in [0.5, 0.6) is 0 Å². The van der Waals surface area contributed by atoms with E-state index in [1.54, 1.807) is 42.6 Å². The number of primary amides is 1. The van der Waals surface area contributed by atoms with Crippen molar-refractivity contribution in [1.82, 2.24) is 15.2 Å². The number of H-pyrrole nitrogens is 1. The smallest absolute Gasteiger partial charge is 0.254 e. The third-order valence-corrected chi connectivity index (χ3v) is 5.89. The maximum atomic E-state index is 13.4. The molecule has 0 unspecified atom stereocenters. The topological polar surface area (TPSA) is 126 Å². The van der Waals surface area contributed by atoms with Crippen molar-refractivity contribution in [3.63, 3.8) is 0 Å². The van der Waals surface area contributed by atoms with Crippen molar-refractivity contribution in [3.05, 3.63) is 126 Å². The van der Waals surface area contributed by atoms with Crippen LogP contribution in [0.2, 0.25) is 0 Å². The number of carbonyl (C=O) groups excluding carboxylic acids is 2. The first-order valence-electron chi connectivity index (χ1n) is 11.7. The third kappa shape index (κ3) is 5.23. The van der Waals surface area contributed by atoms with Gasteiger partial charge in [-0.2, -0.15) is 5.10 Å². The second-order valence-corrected chi connectivity index (χ2v) is 8.35. The van der Waals surface area contributed by atoms with Gasteiger partial charge in [0, 0.05) is 17.4 Å². The van der Waals surface area contributed by atoms with E-state index in [-0.39, 0.29) is 17.3 Å². The highest BCUT2D eigenvalue weighted by atomic mass is 16.2. The van der Waals surface area contributed by atoms with Crippen LogP contribution in [0.4, 0.5) is 17.3 Å². The van der Waals surface area contributed by atoms with Crippen molar-refractivity contribution < 1.29 is 9.59 Å². The molecular formula is C29H24N6O2. The second kappa shape index (κ2) is 10.6. The summed E-state index contributed by atoms with van der Waals surface area (Å²) >= 11 is 0. The lowest BCUT2D eigenvalue weighted by atomic mass is 9.90. The molecule has 2 heterocycles. The van der Waals surface area contributed by atoms with E-state index in [0.29, 0.717) is 22.8 Å². The van der Waals surface area contributed by atoms with E-state index in [1.165, 1.54) is 0 Å². The predicted octanol–water partition coefficient (Wildman–Crippen LogP) is 5.08. The first-order chi connectivity index (χ1) is 18.1. The minimum Gasteiger partial charge on any atom is -0.365 e. The summed E-state index contributed by atoms with van der Waals surface area (Å²) < 4.78 is 0. The van der Waals surface area contributed by atoms with Gasteiger partial charge in [0.1, 0.15) is 11.4 Å². The molecule has 0 saturated carbocycles. The molecule has 0 radical (unpaired) electrons. The molecule has 8 heteroatoms. The lowest BCUT2D eigenvalue weighted by Crippen LogP contribution is -2.22. The molecule has 37 heavy (non-hydrogen) atoms. The van der Waals surface area contributed by atoms with E-state index < -0.39 is 11.8 Å². The molecule has 3 aromatic carbocycles. The number of hydrogen-bond acceptors (Lipinski definition) is 5. The van der Waals surface area contributed by atoms with Gasteiger partial charge in [-0.25, -0.2) is 4.98 Å². The molecule has 2 aromatic heterocycles. The summed E-state index contributed by atoms with van der Waals surface area (Å²) in [5.41, 5.74) is 9.48. The number of aromatic amines is 1. The highest BCUT2D eigenvalue weighted by molar-refractivity contribution is 6.04. The van der Waals surface area contributed by atoms with Crippen LogP contribution in [0.25, 0.3) is 11.3 Å². The number of nitrogens with two attached hydrogens (primary N) is 1. The summed E-state index contributed by atoms with van der Waals surface area (Å²) in [5.74, 6) is -0.421. The van der Waals surface area contributed by atoms with Gasteiger partial charge in [0.05, 0.1) is 11.6 Å². The SMILES string of the molecule is NC(=O)c1c(Nc2ccccn2)n[nH]c1-c1ccc(NC(=O)C(c2ccccc2)c2ccccc2)cc1. The number of nitrogens with zero attached hydrogens (tertiary/aromatic N) is 2. The maximum absolute atomic E-state index is 13.4. The van der Waals surface area contributed by atoms with Crippen LogP contribution in [0.1, 0.15) is 27.4 Å². The van der Waals surface area contributed by atoms with Gasteiger partial charge >= 0.3 is 0 Å². The first kappa shape index (κ1) is 23.5. The number of pyridine rings is 1. The standard InChI is InChI=1S/C29H24N6O2/c30-27(36)25-26(34-35-28(25)33-23-13-7-8-18-31-23)21-14-16-22(17-15-21)32-29(37)24(19-9-3-1-4-10-19)20-11-5-2-6-12-20/h1-18,24H,(H2,30,36)(H,32,37)(H2,31,33,34,35). The summed E-state index contributed by atoms with van der Waals surface area (Å²) in [6.45, 7) is 0. The molecule has 0 atom stereocenters. The zero-order chi connectivity index (χ0) is 25.6. The monoisotopic (exact) mass is 488 g/mol. The molecule has 8 nitrogen and oxygen atoms in total. The molecule has 0 aliphatic heterocycles. The largest absolute Gasteiger partial charge is 0.365 e. The highest BCUT2D eigenvalue weighted by Crippen LogP contribution is 2.30. The number of amides is 2. The van der Waals surface area contributed by atoms with Crippen LogP contribution >= 0.6 is 0 Å². The Morgan fingerprint density at radius 3 is 1.97 bits per heavy atom. The average Bonchev–Trinajstić information content (AvgIpc) is 3.35. The number of carbonyl (C=O) groups is 2. The van der Waals surface area contributed by atoms with Gasteiger partial charge in [0.25, 0.3) is 5.91 Å². The fraction of sp³-hybridized carbons (Fsp3) is 0.0345. The Balaban J connectivity index is 1.38. The van der Waals surface area contributed by atoms with Gasteiger partial charge in [-0.15, -0.1) is 0 Å². The molecular weight excluding hydrogens is 464 g/mol. The zero-order valence-electron chi connectivity index (χ0n) is 19.8.